The number of hydrogen-bond acceptors (Lipinski definition) is 8. The zero-order valence-electron chi connectivity index (χ0n) is 21.4. The van der Waals surface area contributed by atoms with Crippen LogP contribution in [0.25, 0.3) is 22.3 Å². The number of rotatable bonds is 7. The number of nitrogens with zero attached hydrogens (tertiary/aromatic N) is 5. The molecule has 0 atom stereocenters. The van der Waals surface area contributed by atoms with E-state index in [-0.39, 0.29) is 15.7 Å². The van der Waals surface area contributed by atoms with Gasteiger partial charge in [0, 0.05) is 23.8 Å². The highest BCUT2D eigenvalue weighted by molar-refractivity contribution is 7.92. The van der Waals surface area contributed by atoms with Crippen LogP contribution in [-0.2, 0) is 10.0 Å². The fourth-order valence-corrected chi connectivity index (χ4v) is 6.15. The van der Waals surface area contributed by atoms with Gasteiger partial charge in [-0.1, -0.05) is 17.7 Å². The Morgan fingerprint density at radius 1 is 1.05 bits per heavy atom. The van der Waals surface area contributed by atoms with Gasteiger partial charge in [-0.15, -0.1) is 0 Å². The molecule has 4 aromatic rings. The quantitative estimate of drug-likeness (QED) is 0.340. The summed E-state index contributed by atoms with van der Waals surface area (Å²) in [5.74, 6) is 0.782. The fraction of sp³-hybridized carbons (Fsp3) is 0.333. The van der Waals surface area contributed by atoms with Crippen LogP contribution in [0.2, 0.25) is 5.02 Å². The highest BCUT2D eigenvalue weighted by Gasteiger charge is 2.23. The van der Waals surface area contributed by atoms with Crippen molar-refractivity contribution in [2.75, 3.05) is 24.1 Å². The van der Waals surface area contributed by atoms with Crippen molar-refractivity contribution < 1.29 is 8.42 Å². The summed E-state index contributed by atoms with van der Waals surface area (Å²) in [6, 6.07) is 14.2. The van der Waals surface area contributed by atoms with E-state index in [1.807, 2.05) is 13.0 Å². The third-order valence-electron chi connectivity index (χ3n) is 6.80. The van der Waals surface area contributed by atoms with Gasteiger partial charge in [-0.2, -0.15) is 0 Å². The smallest absolute Gasteiger partial charge is 0.265 e. The molecule has 0 radical (unpaired) electrons. The second-order valence-corrected chi connectivity index (χ2v) is 11.7. The number of hydrogen-bond donors (Lipinski definition) is 2. The lowest BCUT2D eigenvalue weighted by Gasteiger charge is -2.32. The first-order valence-corrected chi connectivity index (χ1v) is 14.2. The van der Waals surface area contributed by atoms with Crippen LogP contribution in [0, 0.1) is 19.1 Å². The summed E-state index contributed by atoms with van der Waals surface area (Å²) in [6.07, 6.45) is 7.81. The SMILES string of the molecule is Cc1cc(-c2ccc(NS(=O)(=O)c3ccc#cc3Cl)nc2)nc2cnc(N[C@H]3CC[C@H](N(C)C)CC3)nc12. The van der Waals surface area contributed by atoms with E-state index in [0.29, 0.717) is 29.2 Å². The molecule has 0 spiro atoms. The Kier molecular flexibility index (Phi) is 7.34. The van der Waals surface area contributed by atoms with Crippen LogP contribution >= 0.6 is 11.6 Å². The second kappa shape index (κ2) is 10.7. The van der Waals surface area contributed by atoms with Gasteiger partial charge in [-0.05, 0) is 88.7 Å². The van der Waals surface area contributed by atoms with Crippen molar-refractivity contribution >= 4 is 44.4 Å². The lowest BCUT2D eigenvalue weighted by molar-refractivity contribution is 0.221. The van der Waals surface area contributed by atoms with Crippen LogP contribution in [0.1, 0.15) is 31.2 Å². The van der Waals surface area contributed by atoms with Gasteiger partial charge >= 0.3 is 0 Å². The molecule has 11 heteroatoms. The van der Waals surface area contributed by atoms with E-state index in [1.54, 1.807) is 24.5 Å². The van der Waals surface area contributed by atoms with Gasteiger partial charge in [-0.25, -0.2) is 28.4 Å². The van der Waals surface area contributed by atoms with Gasteiger partial charge in [0.1, 0.15) is 21.3 Å². The fourth-order valence-electron chi connectivity index (χ4n) is 4.68. The number of nitrogens with one attached hydrogen (secondary N) is 2. The van der Waals surface area contributed by atoms with E-state index in [1.165, 1.54) is 12.1 Å². The molecular weight excluding hydrogens is 522 g/mol. The van der Waals surface area contributed by atoms with Crippen LogP contribution < -0.4 is 10.0 Å². The topological polar surface area (TPSA) is 113 Å². The first-order valence-electron chi connectivity index (χ1n) is 12.3. The largest absolute Gasteiger partial charge is 0.351 e. The lowest BCUT2D eigenvalue weighted by atomic mass is 9.91. The molecule has 3 heterocycles. The number of sulfonamides is 1. The molecule has 1 aromatic carbocycles. The van der Waals surface area contributed by atoms with Gasteiger partial charge in [0.2, 0.25) is 5.95 Å². The lowest BCUT2D eigenvalue weighted by Crippen LogP contribution is -2.36. The van der Waals surface area contributed by atoms with Crippen molar-refractivity contribution in [2.45, 2.75) is 49.6 Å². The molecule has 0 saturated heterocycles. The molecule has 0 aliphatic heterocycles. The minimum absolute atomic E-state index is 0.0373. The zero-order chi connectivity index (χ0) is 26.9. The predicted molar refractivity (Wildman–Crippen MR) is 149 cm³/mol. The maximum atomic E-state index is 12.7. The summed E-state index contributed by atoms with van der Waals surface area (Å²) in [4.78, 5) is 20.5. The summed E-state index contributed by atoms with van der Waals surface area (Å²) >= 11 is 5.97. The number of anilines is 2. The van der Waals surface area contributed by atoms with E-state index in [9.17, 15) is 8.42 Å². The van der Waals surface area contributed by atoms with Crippen molar-refractivity contribution in [1.82, 2.24) is 24.8 Å². The Bertz CT molecular complexity index is 1550. The predicted octanol–water partition coefficient (Wildman–Crippen LogP) is 4.73. The number of pyridine rings is 2. The van der Waals surface area contributed by atoms with Crippen LogP contribution in [-0.4, -0.2) is 59.4 Å². The van der Waals surface area contributed by atoms with Crippen LogP contribution in [0.5, 0.6) is 0 Å². The van der Waals surface area contributed by atoms with Crippen molar-refractivity contribution in [2.24, 2.45) is 0 Å². The van der Waals surface area contributed by atoms with Gasteiger partial charge in [0.15, 0.2) is 0 Å². The highest BCUT2D eigenvalue weighted by Crippen LogP contribution is 2.27. The van der Waals surface area contributed by atoms with E-state index in [0.717, 1.165) is 42.3 Å². The number of aromatic nitrogens is 4. The Morgan fingerprint density at radius 2 is 1.84 bits per heavy atom. The van der Waals surface area contributed by atoms with Gasteiger partial charge in [0.25, 0.3) is 10.0 Å². The molecule has 5 rings (SSSR count). The van der Waals surface area contributed by atoms with Crippen molar-refractivity contribution in [3.05, 3.63) is 65.4 Å². The third kappa shape index (κ3) is 5.65. The molecule has 1 aliphatic carbocycles. The van der Waals surface area contributed by atoms with Crippen LogP contribution in [0.4, 0.5) is 11.8 Å². The molecule has 1 saturated carbocycles. The zero-order valence-corrected chi connectivity index (χ0v) is 22.9. The molecule has 3 aromatic heterocycles. The van der Waals surface area contributed by atoms with Crippen LogP contribution in [0.15, 0.2) is 47.6 Å². The normalized spacial score (nSPS) is 17.8. The van der Waals surface area contributed by atoms with E-state index >= 15 is 0 Å². The molecule has 1 fully saturated rings. The first-order chi connectivity index (χ1) is 18.2. The van der Waals surface area contributed by atoms with Crippen molar-refractivity contribution in [3.8, 4) is 11.3 Å². The first kappa shape index (κ1) is 26.1. The molecule has 38 heavy (non-hydrogen) atoms. The summed E-state index contributed by atoms with van der Waals surface area (Å²) in [6.45, 7) is 1.99. The third-order valence-corrected chi connectivity index (χ3v) is 8.61. The standard InChI is InChI=1S/C27H28ClN7O2S/c1-17-14-22(18-8-13-25(29-15-18)34-38(36,37)24-7-5-4-6-21(24)28)32-23-16-30-27(33-26(17)23)31-19-9-11-20(12-10-19)35(2)3/h5,7-8,13-16,19-20H,9-12H2,1-3H3,(H,29,34)(H,30,31,33)/t19-,20-. The van der Waals surface area contributed by atoms with E-state index in [4.69, 9.17) is 21.6 Å². The molecular formula is C27H28ClN7O2S. The van der Waals surface area contributed by atoms with E-state index < -0.39 is 10.0 Å². The Morgan fingerprint density at radius 3 is 2.53 bits per heavy atom. The second-order valence-electron chi connectivity index (χ2n) is 9.68. The van der Waals surface area contributed by atoms with Crippen LogP contribution in [0.3, 0.4) is 0 Å². The molecule has 0 amide bonds. The minimum Gasteiger partial charge on any atom is -0.351 e. The molecule has 0 unspecified atom stereocenters. The molecule has 0 bridgehead atoms. The Labute approximate surface area is 227 Å². The molecule has 1 aliphatic rings. The van der Waals surface area contributed by atoms with Gasteiger partial charge in [-0.3, -0.25) is 4.72 Å². The van der Waals surface area contributed by atoms with E-state index in [2.05, 4.69) is 51.1 Å². The molecule has 9 nitrogen and oxygen atoms in total. The Balaban J connectivity index is 1.31. The maximum Gasteiger partial charge on any atom is 0.265 e. The molecule has 2 N–H and O–H groups in total. The summed E-state index contributed by atoms with van der Waals surface area (Å²) < 4.78 is 27.8. The monoisotopic (exact) mass is 549 g/mol. The highest BCUT2D eigenvalue weighted by atomic mass is 35.5. The minimum atomic E-state index is -3.91. The van der Waals surface area contributed by atoms with Crippen molar-refractivity contribution in [3.63, 3.8) is 0 Å². The number of aryl methyl sites for hydroxylation is 1. The maximum absolute atomic E-state index is 12.7. The average Bonchev–Trinajstić information content (AvgIpc) is 2.89. The van der Waals surface area contributed by atoms with Crippen molar-refractivity contribution in [1.29, 1.82) is 0 Å². The average molecular weight is 550 g/mol. The van der Waals surface area contributed by atoms with Gasteiger partial charge in [0.05, 0.1) is 17.4 Å². The summed E-state index contributed by atoms with van der Waals surface area (Å²) in [5, 5.41) is 3.46. The number of fused-ring (bicyclic) bond motifs is 1. The van der Waals surface area contributed by atoms with Gasteiger partial charge < -0.3 is 10.2 Å². The summed E-state index contributed by atoms with van der Waals surface area (Å²) in [5.41, 5.74) is 3.86. The Hall–Kier alpha value is -3.52. The molecule has 196 valence electrons. The number of halogens is 1. The summed E-state index contributed by atoms with van der Waals surface area (Å²) in [7, 11) is 0.365.